The van der Waals surface area contributed by atoms with Gasteiger partial charge in [-0.05, 0) is 6.07 Å². The molecule has 2 N–H and O–H groups in total. The second-order valence-electron chi connectivity index (χ2n) is 4.70. The first kappa shape index (κ1) is 11.2. The van der Waals surface area contributed by atoms with Crippen molar-refractivity contribution >= 4 is 11.8 Å². The molecule has 3 rings (SSSR count). The van der Waals surface area contributed by atoms with Crippen LogP contribution < -0.4 is 10.5 Å². The van der Waals surface area contributed by atoms with E-state index in [2.05, 4.69) is 0 Å². The van der Waals surface area contributed by atoms with Gasteiger partial charge in [-0.1, -0.05) is 18.2 Å². The fourth-order valence-corrected chi connectivity index (χ4v) is 2.60. The van der Waals surface area contributed by atoms with Crippen molar-refractivity contribution in [3.05, 3.63) is 29.8 Å². The van der Waals surface area contributed by atoms with E-state index in [1.165, 1.54) is 4.90 Å². The Balaban J connectivity index is 1.82. The first-order chi connectivity index (χ1) is 8.65. The third-order valence-electron chi connectivity index (χ3n) is 3.70. The van der Waals surface area contributed by atoms with Gasteiger partial charge in [-0.15, -0.1) is 0 Å². The molecule has 2 unspecified atom stereocenters. The Morgan fingerprint density at radius 1 is 1.22 bits per heavy atom. The van der Waals surface area contributed by atoms with Gasteiger partial charge in [-0.25, -0.2) is 0 Å². The molecule has 1 aromatic carbocycles. The van der Waals surface area contributed by atoms with Crippen molar-refractivity contribution in [3.63, 3.8) is 0 Å². The van der Waals surface area contributed by atoms with E-state index in [1.54, 1.807) is 7.11 Å². The SMILES string of the molecule is COc1ccccc1CN1C(=O)C2C(N)C2C1=O. The number of piperidine rings is 1. The minimum atomic E-state index is -0.285. The topological polar surface area (TPSA) is 72.6 Å². The number of carbonyl (C=O) groups excluding carboxylic acids is 2. The molecule has 1 aromatic rings. The summed E-state index contributed by atoms with van der Waals surface area (Å²) in [7, 11) is 1.57. The van der Waals surface area contributed by atoms with Crippen LogP contribution in [0, 0.1) is 11.8 Å². The van der Waals surface area contributed by atoms with Crippen molar-refractivity contribution in [1.82, 2.24) is 4.90 Å². The first-order valence-corrected chi connectivity index (χ1v) is 5.88. The Morgan fingerprint density at radius 3 is 2.44 bits per heavy atom. The van der Waals surface area contributed by atoms with Crippen LogP contribution in [-0.2, 0) is 16.1 Å². The molecule has 0 radical (unpaired) electrons. The van der Waals surface area contributed by atoms with E-state index in [9.17, 15) is 9.59 Å². The van der Waals surface area contributed by atoms with Crippen LogP contribution in [0.25, 0.3) is 0 Å². The fourth-order valence-electron chi connectivity index (χ4n) is 2.60. The largest absolute Gasteiger partial charge is 0.496 e. The molecular formula is C13H14N2O3. The maximum absolute atomic E-state index is 12.0. The smallest absolute Gasteiger partial charge is 0.235 e. The molecule has 1 aliphatic heterocycles. The lowest BCUT2D eigenvalue weighted by molar-refractivity contribution is -0.142. The Hall–Kier alpha value is -1.88. The highest BCUT2D eigenvalue weighted by Crippen LogP contribution is 2.46. The van der Waals surface area contributed by atoms with E-state index in [4.69, 9.17) is 10.5 Å². The monoisotopic (exact) mass is 246 g/mol. The molecule has 2 atom stereocenters. The third-order valence-corrected chi connectivity index (χ3v) is 3.70. The Bertz CT molecular complexity index is 507. The Morgan fingerprint density at radius 2 is 1.83 bits per heavy atom. The van der Waals surface area contributed by atoms with Crippen molar-refractivity contribution in [2.75, 3.05) is 7.11 Å². The zero-order chi connectivity index (χ0) is 12.9. The summed E-state index contributed by atoms with van der Waals surface area (Å²) in [5, 5.41) is 0. The normalized spacial score (nSPS) is 29.4. The van der Waals surface area contributed by atoms with Gasteiger partial charge in [0, 0.05) is 11.6 Å². The van der Waals surface area contributed by atoms with Crippen LogP contribution in [0.15, 0.2) is 24.3 Å². The summed E-state index contributed by atoms with van der Waals surface area (Å²) in [6, 6.07) is 7.10. The number of hydrogen-bond acceptors (Lipinski definition) is 4. The number of nitrogens with zero attached hydrogens (tertiary/aromatic N) is 1. The maximum atomic E-state index is 12.0. The molecule has 1 aliphatic carbocycles. The van der Waals surface area contributed by atoms with Crippen molar-refractivity contribution in [3.8, 4) is 5.75 Å². The summed E-state index contributed by atoms with van der Waals surface area (Å²) in [4.78, 5) is 25.2. The predicted octanol–water partition coefficient (Wildman–Crippen LogP) is 0.137. The van der Waals surface area contributed by atoms with Crippen LogP contribution in [0.3, 0.4) is 0 Å². The summed E-state index contributed by atoms with van der Waals surface area (Å²) < 4.78 is 5.21. The quantitative estimate of drug-likeness (QED) is 0.770. The molecule has 1 saturated carbocycles. The molecule has 94 valence electrons. The van der Waals surface area contributed by atoms with Crippen molar-refractivity contribution in [1.29, 1.82) is 0 Å². The van der Waals surface area contributed by atoms with Gasteiger partial charge in [0.15, 0.2) is 0 Å². The van der Waals surface area contributed by atoms with E-state index >= 15 is 0 Å². The van der Waals surface area contributed by atoms with Crippen molar-refractivity contribution in [2.24, 2.45) is 17.6 Å². The summed E-state index contributed by atoms with van der Waals surface area (Å²) in [6.07, 6.45) is 0. The van der Waals surface area contributed by atoms with Crippen molar-refractivity contribution in [2.45, 2.75) is 12.6 Å². The number of imide groups is 1. The van der Waals surface area contributed by atoms with Crippen LogP contribution in [0.5, 0.6) is 5.75 Å². The lowest BCUT2D eigenvalue weighted by Crippen LogP contribution is -2.36. The van der Waals surface area contributed by atoms with Gasteiger partial charge in [-0.2, -0.15) is 0 Å². The number of carbonyl (C=O) groups is 2. The van der Waals surface area contributed by atoms with Gasteiger partial charge in [-0.3, -0.25) is 14.5 Å². The highest BCUT2D eigenvalue weighted by Gasteiger charge is 2.65. The Kier molecular flexibility index (Phi) is 2.38. The van der Waals surface area contributed by atoms with E-state index in [0.29, 0.717) is 5.75 Å². The molecule has 0 aromatic heterocycles. The fraction of sp³-hybridized carbons (Fsp3) is 0.385. The molecule has 0 spiro atoms. The van der Waals surface area contributed by atoms with Crippen molar-refractivity contribution < 1.29 is 14.3 Å². The van der Waals surface area contributed by atoms with Gasteiger partial charge in [0.25, 0.3) is 0 Å². The lowest BCUT2D eigenvalue weighted by atomic mass is 10.2. The van der Waals surface area contributed by atoms with Gasteiger partial charge in [0.2, 0.25) is 11.8 Å². The van der Waals surface area contributed by atoms with Gasteiger partial charge in [0.1, 0.15) is 5.75 Å². The van der Waals surface area contributed by atoms with Crippen LogP contribution in [0.1, 0.15) is 5.56 Å². The van der Waals surface area contributed by atoms with Gasteiger partial charge in [0.05, 0.1) is 25.5 Å². The second kappa shape index (κ2) is 3.81. The highest BCUT2D eigenvalue weighted by molar-refractivity contribution is 6.10. The lowest BCUT2D eigenvalue weighted by Gasteiger charge is -2.18. The van der Waals surface area contributed by atoms with Crippen LogP contribution in [0.4, 0.5) is 0 Å². The van der Waals surface area contributed by atoms with Crippen LogP contribution >= 0.6 is 0 Å². The molecule has 2 aliphatic rings. The molecular weight excluding hydrogens is 232 g/mol. The number of likely N-dealkylation sites (tertiary alicyclic amines) is 1. The molecule has 2 amide bonds. The minimum Gasteiger partial charge on any atom is -0.496 e. The van der Waals surface area contributed by atoms with E-state index in [-0.39, 0.29) is 36.2 Å². The van der Waals surface area contributed by atoms with Gasteiger partial charge >= 0.3 is 0 Å². The van der Waals surface area contributed by atoms with E-state index < -0.39 is 0 Å². The van der Waals surface area contributed by atoms with Gasteiger partial charge < -0.3 is 10.5 Å². The van der Waals surface area contributed by atoms with E-state index in [0.717, 1.165) is 5.56 Å². The minimum absolute atomic E-state index is 0.150. The number of fused-ring (bicyclic) bond motifs is 1. The number of methoxy groups -OCH3 is 1. The number of para-hydroxylation sites is 1. The molecule has 5 heteroatoms. The second-order valence-corrected chi connectivity index (χ2v) is 4.70. The number of hydrogen-bond donors (Lipinski definition) is 1. The first-order valence-electron chi connectivity index (χ1n) is 5.88. The third kappa shape index (κ3) is 1.44. The highest BCUT2D eigenvalue weighted by atomic mass is 16.5. The maximum Gasteiger partial charge on any atom is 0.235 e. The number of amides is 2. The molecule has 0 bridgehead atoms. The Labute approximate surface area is 105 Å². The molecule has 18 heavy (non-hydrogen) atoms. The van der Waals surface area contributed by atoms with Crippen LogP contribution in [-0.4, -0.2) is 29.9 Å². The molecule has 5 nitrogen and oxygen atoms in total. The zero-order valence-electron chi connectivity index (χ0n) is 10.00. The van der Waals surface area contributed by atoms with Crippen LogP contribution in [0.2, 0.25) is 0 Å². The summed E-state index contributed by atoms with van der Waals surface area (Å²) in [6.45, 7) is 0.265. The number of nitrogens with two attached hydrogens (primary N) is 1. The van der Waals surface area contributed by atoms with E-state index in [1.807, 2.05) is 24.3 Å². The summed E-state index contributed by atoms with van der Waals surface area (Å²) in [5.41, 5.74) is 6.50. The average molecular weight is 246 g/mol. The molecule has 2 fully saturated rings. The number of benzene rings is 1. The number of ether oxygens (including phenoxy) is 1. The molecule has 1 saturated heterocycles. The predicted molar refractivity (Wildman–Crippen MR) is 63.5 cm³/mol. The standard InChI is InChI=1S/C13H14N2O3/c1-18-8-5-3-2-4-7(8)6-15-12(16)9-10(11(9)14)13(15)17/h2-5,9-11H,6,14H2,1H3. The zero-order valence-corrected chi connectivity index (χ0v) is 10.00. The number of rotatable bonds is 3. The summed E-state index contributed by atoms with van der Waals surface area (Å²) >= 11 is 0. The molecule has 1 heterocycles. The summed E-state index contributed by atoms with van der Waals surface area (Å²) in [5.74, 6) is -0.186. The average Bonchev–Trinajstić information content (AvgIpc) is 2.98.